The molecule has 0 aromatic heterocycles. The average molecular weight is 133 g/mol. The molecule has 0 heterocycles. The van der Waals surface area contributed by atoms with Gasteiger partial charge in [0.2, 0.25) is 0 Å². The first-order chi connectivity index (χ1) is 3.72. The second-order valence-electron chi connectivity index (χ2n) is 1.37. The summed E-state index contributed by atoms with van der Waals surface area (Å²) in [5.41, 5.74) is 0.625. The Morgan fingerprint density at radius 1 is 1.00 bits per heavy atom. The lowest BCUT2D eigenvalue weighted by atomic mass is 10.3. The summed E-state index contributed by atoms with van der Waals surface area (Å²) < 4.78 is 0. The van der Waals surface area contributed by atoms with E-state index in [9.17, 15) is 0 Å². The number of hydrogen-bond acceptors (Lipinski definition) is 5. The molecule has 0 aliphatic rings. The minimum atomic E-state index is 0. The monoisotopic (exact) mass is 133 g/mol. The van der Waals surface area contributed by atoms with Crippen LogP contribution in [0.15, 0.2) is 10.3 Å². The van der Waals surface area contributed by atoms with Gasteiger partial charge in [0.05, 0.1) is 0 Å². The summed E-state index contributed by atoms with van der Waals surface area (Å²) in [6, 6.07) is 0. The number of rotatable bonds is 1. The summed E-state index contributed by atoms with van der Waals surface area (Å²) in [6.45, 7) is 3.07. The van der Waals surface area contributed by atoms with Gasteiger partial charge in [-0.2, -0.15) is 0 Å². The van der Waals surface area contributed by atoms with E-state index in [1.807, 2.05) is 0 Å². The molecule has 0 aliphatic carbocycles. The van der Waals surface area contributed by atoms with Crippen LogP contribution in [0.25, 0.3) is 0 Å². The largest absolute Gasteiger partial charge is 0.411 e. The summed E-state index contributed by atoms with van der Waals surface area (Å²) in [7, 11) is 0. The minimum Gasteiger partial charge on any atom is -0.411 e. The molecule has 0 radical (unpaired) electrons. The third kappa shape index (κ3) is 3.48. The van der Waals surface area contributed by atoms with E-state index in [0.29, 0.717) is 11.4 Å². The van der Waals surface area contributed by atoms with E-state index in [0.717, 1.165) is 0 Å². The van der Waals surface area contributed by atoms with Crippen LogP contribution < -0.4 is 6.15 Å². The molecule has 0 fully saturated rings. The highest BCUT2D eigenvalue weighted by Crippen LogP contribution is 1.79. The quantitative estimate of drug-likeness (QED) is 0.281. The van der Waals surface area contributed by atoms with Crippen molar-refractivity contribution < 1.29 is 10.4 Å². The molecule has 0 saturated heterocycles. The Balaban J connectivity index is 0. The standard InChI is InChI=1S/C4H8N2O2.H3N/c1-3(5-7)4(2)6-8;/h7-8H,1-2H3;1H3. The zero-order chi connectivity index (χ0) is 6.57. The molecular formula is C4H11N3O2. The Morgan fingerprint density at radius 3 is 1.33 bits per heavy atom. The highest BCUT2D eigenvalue weighted by molar-refractivity contribution is 6.40. The molecule has 5 nitrogen and oxygen atoms in total. The SMILES string of the molecule is CC(=NO)C(C)=NO.N. The third-order valence-corrected chi connectivity index (χ3v) is 0.824. The first-order valence-corrected chi connectivity index (χ1v) is 2.10. The molecule has 0 atom stereocenters. The zero-order valence-corrected chi connectivity index (χ0v) is 5.50. The topological polar surface area (TPSA) is 100 Å². The lowest BCUT2D eigenvalue weighted by molar-refractivity contribution is 0.313. The van der Waals surface area contributed by atoms with Gasteiger partial charge in [-0.25, -0.2) is 0 Å². The van der Waals surface area contributed by atoms with Gasteiger partial charge in [0.15, 0.2) is 0 Å². The summed E-state index contributed by atoms with van der Waals surface area (Å²) in [5.74, 6) is 0. The van der Waals surface area contributed by atoms with Crippen molar-refractivity contribution in [2.24, 2.45) is 10.3 Å². The summed E-state index contributed by atoms with van der Waals surface area (Å²) >= 11 is 0. The van der Waals surface area contributed by atoms with Crippen molar-refractivity contribution in [2.45, 2.75) is 13.8 Å². The van der Waals surface area contributed by atoms with Crippen molar-refractivity contribution in [3.63, 3.8) is 0 Å². The second-order valence-corrected chi connectivity index (χ2v) is 1.37. The molecule has 0 amide bonds. The van der Waals surface area contributed by atoms with E-state index in [4.69, 9.17) is 10.4 Å². The van der Waals surface area contributed by atoms with Gasteiger partial charge in [-0.3, -0.25) is 0 Å². The molecule has 5 heteroatoms. The third-order valence-electron chi connectivity index (χ3n) is 0.824. The Labute approximate surface area is 53.3 Å². The highest BCUT2D eigenvalue weighted by Gasteiger charge is 1.93. The van der Waals surface area contributed by atoms with Gasteiger partial charge >= 0.3 is 0 Å². The van der Waals surface area contributed by atoms with E-state index in [-0.39, 0.29) is 6.15 Å². The summed E-state index contributed by atoms with van der Waals surface area (Å²) in [6.07, 6.45) is 0. The molecule has 0 saturated carbocycles. The van der Waals surface area contributed by atoms with Gasteiger partial charge < -0.3 is 16.6 Å². The summed E-state index contributed by atoms with van der Waals surface area (Å²) in [5, 5.41) is 21.6. The lowest BCUT2D eigenvalue weighted by Crippen LogP contribution is -2.04. The van der Waals surface area contributed by atoms with E-state index in [1.165, 1.54) is 13.8 Å². The van der Waals surface area contributed by atoms with Crippen LogP contribution >= 0.6 is 0 Å². The molecule has 0 aromatic carbocycles. The minimum absolute atomic E-state index is 0. The normalized spacial score (nSPS) is 12.7. The Hall–Kier alpha value is -1.10. The van der Waals surface area contributed by atoms with Crippen LogP contribution in [0.3, 0.4) is 0 Å². The first kappa shape index (κ1) is 10.8. The first-order valence-electron chi connectivity index (χ1n) is 2.10. The van der Waals surface area contributed by atoms with E-state index in [2.05, 4.69) is 10.3 Å². The van der Waals surface area contributed by atoms with Gasteiger partial charge in [-0.1, -0.05) is 10.3 Å². The predicted molar refractivity (Wildman–Crippen MR) is 34.8 cm³/mol. The fourth-order valence-electron chi connectivity index (χ4n) is 0.145. The fourth-order valence-corrected chi connectivity index (χ4v) is 0.145. The van der Waals surface area contributed by atoms with Gasteiger partial charge in [-0.15, -0.1) is 0 Å². The van der Waals surface area contributed by atoms with Gasteiger partial charge in [0.1, 0.15) is 11.4 Å². The predicted octanol–water partition coefficient (Wildman–Crippen LogP) is 0.849. The number of hydrogen-bond donors (Lipinski definition) is 3. The van der Waals surface area contributed by atoms with Crippen LogP contribution in [0, 0.1) is 0 Å². The van der Waals surface area contributed by atoms with Crippen molar-refractivity contribution in [2.75, 3.05) is 0 Å². The smallest absolute Gasteiger partial charge is 0.101 e. The van der Waals surface area contributed by atoms with Crippen LogP contribution in [0.2, 0.25) is 0 Å². The maximum absolute atomic E-state index is 8.03. The van der Waals surface area contributed by atoms with Crippen molar-refractivity contribution in [3.8, 4) is 0 Å². The van der Waals surface area contributed by atoms with Crippen LogP contribution in [0.4, 0.5) is 0 Å². The Morgan fingerprint density at radius 2 is 1.22 bits per heavy atom. The maximum atomic E-state index is 8.03. The van der Waals surface area contributed by atoms with Gasteiger partial charge in [-0.05, 0) is 13.8 Å². The highest BCUT2D eigenvalue weighted by atomic mass is 16.4. The van der Waals surface area contributed by atoms with Crippen LogP contribution in [-0.2, 0) is 0 Å². The Bertz CT molecular complexity index is 114. The van der Waals surface area contributed by atoms with Crippen LogP contribution in [0.5, 0.6) is 0 Å². The van der Waals surface area contributed by atoms with E-state index >= 15 is 0 Å². The van der Waals surface area contributed by atoms with Gasteiger partial charge in [0, 0.05) is 0 Å². The molecule has 5 N–H and O–H groups in total. The van der Waals surface area contributed by atoms with Crippen molar-refractivity contribution >= 4 is 11.4 Å². The maximum Gasteiger partial charge on any atom is 0.101 e. The van der Waals surface area contributed by atoms with Gasteiger partial charge in [0.25, 0.3) is 0 Å². The average Bonchev–Trinajstić information content (AvgIpc) is 1.84. The fraction of sp³-hybridized carbons (Fsp3) is 0.500. The lowest BCUT2D eigenvalue weighted by Gasteiger charge is -1.88. The van der Waals surface area contributed by atoms with Crippen LogP contribution in [-0.4, -0.2) is 21.8 Å². The van der Waals surface area contributed by atoms with Crippen LogP contribution in [0.1, 0.15) is 13.8 Å². The molecule has 0 spiro atoms. The molecule has 0 unspecified atom stereocenters. The molecule has 0 aromatic rings. The molecule has 0 aliphatic heterocycles. The Kier molecular flexibility index (Phi) is 6.06. The number of nitrogens with zero attached hydrogens (tertiary/aromatic N) is 2. The van der Waals surface area contributed by atoms with Crippen molar-refractivity contribution in [3.05, 3.63) is 0 Å². The molecular weight excluding hydrogens is 122 g/mol. The zero-order valence-electron chi connectivity index (χ0n) is 5.50. The molecule has 0 rings (SSSR count). The number of oxime groups is 2. The molecule has 0 bridgehead atoms. The molecule has 9 heavy (non-hydrogen) atoms. The van der Waals surface area contributed by atoms with E-state index in [1.54, 1.807) is 0 Å². The molecule has 54 valence electrons. The van der Waals surface area contributed by atoms with E-state index < -0.39 is 0 Å². The van der Waals surface area contributed by atoms with Crippen molar-refractivity contribution in [1.82, 2.24) is 6.15 Å². The van der Waals surface area contributed by atoms with Crippen molar-refractivity contribution in [1.29, 1.82) is 0 Å². The summed E-state index contributed by atoms with van der Waals surface area (Å²) in [4.78, 5) is 0. The second kappa shape index (κ2) is 5.04.